The highest BCUT2D eigenvalue weighted by molar-refractivity contribution is 5.92. The van der Waals surface area contributed by atoms with Crippen molar-refractivity contribution in [3.05, 3.63) is 45.8 Å². The fourth-order valence-electron chi connectivity index (χ4n) is 2.05. The number of hydrogen-bond acceptors (Lipinski definition) is 2. The molecule has 1 aromatic carbocycles. The Morgan fingerprint density at radius 1 is 1.30 bits per heavy atom. The lowest BCUT2D eigenvalue weighted by Gasteiger charge is -2.12. The molecule has 106 valence electrons. The minimum absolute atomic E-state index is 0.125. The molecule has 0 bridgehead atoms. The van der Waals surface area contributed by atoms with Crippen molar-refractivity contribution < 1.29 is 18.7 Å². The average Bonchev–Trinajstić information content (AvgIpc) is 2.40. The third-order valence-corrected chi connectivity index (χ3v) is 3.11. The van der Waals surface area contributed by atoms with E-state index in [1.165, 1.54) is 10.8 Å². The van der Waals surface area contributed by atoms with Crippen LogP contribution in [0.5, 0.6) is 0 Å². The predicted octanol–water partition coefficient (Wildman–Crippen LogP) is 2.78. The molecule has 0 aliphatic rings. The Labute approximate surface area is 113 Å². The van der Waals surface area contributed by atoms with Crippen LogP contribution < -0.4 is 5.43 Å². The molecule has 1 aromatic heterocycles. The highest BCUT2D eigenvalue weighted by Crippen LogP contribution is 2.17. The number of hydrogen-bond donors (Lipinski definition) is 1. The van der Waals surface area contributed by atoms with Crippen LogP contribution in [-0.2, 0) is 6.54 Å². The van der Waals surface area contributed by atoms with Gasteiger partial charge < -0.3 is 9.67 Å². The average molecular weight is 281 g/mol. The van der Waals surface area contributed by atoms with Gasteiger partial charge in [-0.25, -0.2) is 13.6 Å². The molecule has 0 saturated heterocycles. The van der Waals surface area contributed by atoms with Crippen LogP contribution in [0.3, 0.4) is 0 Å². The SMILES string of the molecule is CCCCn1cc(C(=O)O)c(=O)c2cc(F)c(F)cc21. The zero-order valence-corrected chi connectivity index (χ0v) is 10.8. The minimum Gasteiger partial charge on any atom is -0.477 e. The molecule has 2 rings (SSSR count). The van der Waals surface area contributed by atoms with Gasteiger partial charge in [0, 0.05) is 24.2 Å². The standard InChI is InChI=1S/C14H13F2NO3/c1-2-3-4-17-7-9(14(19)20)13(18)8-5-10(15)11(16)6-12(8)17/h5-7H,2-4H2,1H3,(H,19,20). The van der Waals surface area contributed by atoms with Gasteiger partial charge in [0.25, 0.3) is 0 Å². The van der Waals surface area contributed by atoms with Gasteiger partial charge in [0.15, 0.2) is 11.6 Å². The number of rotatable bonds is 4. The molecule has 0 amide bonds. The van der Waals surface area contributed by atoms with Crippen molar-refractivity contribution in [1.82, 2.24) is 4.57 Å². The lowest BCUT2D eigenvalue weighted by Crippen LogP contribution is -2.19. The number of unbranched alkanes of at least 4 members (excludes halogenated alkanes) is 1. The van der Waals surface area contributed by atoms with Crippen LogP contribution >= 0.6 is 0 Å². The van der Waals surface area contributed by atoms with Crippen molar-refractivity contribution in [3.63, 3.8) is 0 Å². The molecule has 0 radical (unpaired) electrons. The van der Waals surface area contributed by atoms with Gasteiger partial charge in [-0.1, -0.05) is 13.3 Å². The Balaban J connectivity index is 2.81. The summed E-state index contributed by atoms with van der Waals surface area (Å²) in [6.45, 7) is 2.38. The summed E-state index contributed by atoms with van der Waals surface area (Å²) in [5.41, 5.74) is -1.05. The highest BCUT2D eigenvalue weighted by Gasteiger charge is 2.16. The second-order valence-electron chi connectivity index (χ2n) is 4.51. The van der Waals surface area contributed by atoms with Gasteiger partial charge in [0.05, 0.1) is 5.52 Å². The summed E-state index contributed by atoms with van der Waals surface area (Å²) in [5, 5.41) is 8.89. The van der Waals surface area contributed by atoms with E-state index in [-0.39, 0.29) is 10.9 Å². The molecule has 0 fully saturated rings. The lowest BCUT2D eigenvalue weighted by molar-refractivity contribution is 0.0695. The van der Waals surface area contributed by atoms with Gasteiger partial charge >= 0.3 is 5.97 Å². The number of fused-ring (bicyclic) bond motifs is 1. The molecule has 0 aliphatic heterocycles. The molecule has 0 atom stereocenters. The topological polar surface area (TPSA) is 59.3 Å². The number of carboxylic acids is 1. The molecule has 1 N–H and O–H groups in total. The van der Waals surface area contributed by atoms with Crippen LogP contribution in [0.2, 0.25) is 0 Å². The Bertz CT molecular complexity index is 737. The summed E-state index contributed by atoms with van der Waals surface area (Å²) in [7, 11) is 0. The van der Waals surface area contributed by atoms with Crippen molar-refractivity contribution in [2.24, 2.45) is 0 Å². The van der Waals surface area contributed by atoms with E-state index in [2.05, 4.69) is 0 Å². The van der Waals surface area contributed by atoms with Gasteiger partial charge in [-0.2, -0.15) is 0 Å². The van der Waals surface area contributed by atoms with Gasteiger partial charge in [-0.3, -0.25) is 4.79 Å². The summed E-state index contributed by atoms with van der Waals surface area (Å²) < 4.78 is 28.1. The first-order chi connectivity index (χ1) is 9.45. The molecule has 0 aliphatic carbocycles. The molecule has 1 heterocycles. The van der Waals surface area contributed by atoms with E-state index in [1.807, 2.05) is 6.92 Å². The summed E-state index contributed by atoms with van der Waals surface area (Å²) in [5.74, 6) is -3.61. The van der Waals surface area contributed by atoms with Gasteiger partial charge in [-0.05, 0) is 12.5 Å². The molecule has 4 nitrogen and oxygen atoms in total. The number of benzene rings is 1. The summed E-state index contributed by atoms with van der Waals surface area (Å²) in [6, 6.07) is 1.68. The van der Waals surface area contributed by atoms with Crippen molar-refractivity contribution in [2.75, 3.05) is 0 Å². The largest absolute Gasteiger partial charge is 0.477 e. The Kier molecular flexibility index (Phi) is 3.83. The first kappa shape index (κ1) is 14.2. The van der Waals surface area contributed by atoms with Crippen molar-refractivity contribution in [3.8, 4) is 0 Å². The zero-order chi connectivity index (χ0) is 14.9. The number of nitrogens with zero attached hydrogens (tertiary/aromatic N) is 1. The number of aryl methyl sites for hydroxylation is 1. The Hall–Kier alpha value is -2.24. The van der Waals surface area contributed by atoms with Crippen molar-refractivity contribution >= 4 is 16.9 Å². The van der Waals surface area contributed by atoms with E-state index in [1.54, 1.807) is 0 Å². The zero-order valence-electron chi connectivity index (χ0n) is 10.8. The fraction of sp³-hybridized carbons (Fsp3) is 0.286. The molecular formula is C14H13F2NO3. The van der Waals surface area contributed by atoms with Gasteiger partial charge in [-0.15, -0.1) is 0 Å². The molecule has 0 unspecified atom stereocenters. The van der Waals surface area contributed by atoms with Gasteiger partial charge in [0.1, 0.15) is 5.56 Å². The number of aromatic carboxylic acids is 1. The van der Waals surface area contributed by atoms with Crippen LogP contribution in [-0.4, -0.2) is 15.6 Å². The predicted molar refractivity (Wildman–Crippen MR) is 70.0 cm³/mol. The van der Waals surface area contributed by atoms with Crippen LogP contribution in [0.25, 0.3) is 10.9 Å². The third-order valence-electron chi connectivity index (χ3n) is 3.11. The molecule has 2 aromatic rings. The summed E-state index contributed by atoms with van der Waals surface area (Å²) >= 11 is 0. The second-order valence-corrected chi connectivity index (χ2v) is 4.51. The van der Waals surface area contributed by atoms with E-state index in [0.717, 1.165) is 25.0 Å². The first-order valence-electron chi connectivity index (χ1n) is 6.21. The maximum absolute atomic E-state index is 13.3. The Morgan fingerprint density at radius 2 is 1.95 bits per heavy atom. The first-order valence-corrected chi connectivity index (χ1v) is 6.21. The summed E-state index contributed by atoms with van der Waals surface area (Å²) in [4.78, 5) is 23.0. The van der Waals surface area contributed by atoms with Gasteiger partial charge in [0.2, 0.25) is 5.43 Å². The van der Waals surface area contributed by atoms with Crippen molar-refractivity contribution in [1.29, 1.82) is 0 Å². The van der Waals surface area contributed by atoms with E-state index in [9.17, 15) is 18.4 Å². The van der Waals surface area contributed by atoms with E-state index in [0.29, 0.717) is 6.54 Å². The maximum atomic E-state index is 13.3. The molecule has 6 heteroatoms. The van der Waals surface area contributed by atoms with Crippen LogP contribution in [0, 0.1) is 11.6 Å². The van der Waals surface area contributed by atoms with Crippen LogP contribution in [0.1, 0.15) is 30.1 Å². The Morgan fingerprint density at radius 3 is 2.55 bits per heavy atom. The van der Waals surface area contributed by atoms with Crippen LogP contribution in [0.4, 0.5) is 8.78 Å². The van der Waals surface area contributed by atoms with Crippen LogP contribution in [0.15, 0.2) is 23.1 Å². The number of carboxylic acid groups (broad SMARTS) is 1. The molecule has 0 spiro atoms. The lowest BCUT2D eigenvalue weighted by atomic mass is 10.1. The quantitative estimate of drug-likeness (QED) is 0.937. The van der Waals surface area contributed by atoms with E-state index in [4.69, 9.17) is 5.11 Å². The monoisotopic (exact) mass is 281 g/mol. The number of pyridine rings is 1. The molecule has 20 heavy (non-hydrogen) atoms. The smallest absolute Gasteiger partial charge is 0.341 e. The summed E-state index contributed by atoms with van der Waals surface area (Å²) in [6.07, 6.45) is 2.76. The maximum Gasteiger partial charge on any atom is 0.341 e. The van der Waals surface area contributed by atoms with Crippen molar-refractivity contribution in [2.45, 2.75) is 26.3 Å². The molecular weight excluding hydrogens is 268 g/mol. The molecule has 0 saturated carbocycles. The highest BCUT2D eigenvalue weighted by atomic mass is 19.2. The number of carbonyl (C=O) groups is 1. The normalized spacial score (nSPS) is 10.9. The minimum atomic E-state index is -1.38. The van der Waals surface area contributed by atoms with E-state index >= 15 is 0 Å². The van der Waals surface area contributed by atoms with E-state index < -0.39 is 28.6 Å². The third kappa shape index (κ3) is 2.41. The second kappa shape index (κ2) is 5.40. The fourth-order valence-corrected chi connectivity index (χ4v) is 2.05. The number of aromatic nitrogens is 1. The number of halogens is 2.